The van der Waals surface area contributed by atoms with Crippen LogP contribution in [0.25, 0.3) is 0 Å². The summed E-state index contributed by atoms with van der Waals surface area (Å²) in [5, 5.41) is 3.07. The zero-order chi connectivity index (χ0) is 15.0. The predicted octanol–water partition coefficient (Wildman–Crippen LogP) is 1.88. The molecule has 3 rings (SSSR count). The van der Waals surface area contributed by atoms with Gasteiger partial charge in [-0.3, -0.25) is 9.59 Å². The largest absolute Gasteiger partial charge is 0.364 e. The zero-order valence-corrected chi connectivity index (χ0v) is 12.7. The molecule has 0 radical (unpaired) electrons. The molecule has 0 unspecified atom stereocenters. The molecule has 1 atom stereocenters. The zero-order valence-electron chi connectivity index (χ0n) is 12.7. The van der Waals surface area contributed by atoms with Crippen LogP contribution in [0.4, 0.5) is 0 Å². The highest BCUT2D eigenvalue weighted by Crippen LogP contribution is 2.29. The Labute approximate surface area is 125 Å². The summed E-state index contributed by atoms with van der Waals surface area (Å²) in [5.74, 6) is 0.765. The van der Waals surface area contributed by atoms with Crippen LogP contribution in [0.3, 0.4) is 0 Å². The van der Waals surface area contributed by atoms with E-state index < -0.39 is 0 Å². The van der Waals surface area contributed by atoms with E-state index in [1.54, 1.807) is 0 Å². The molecule has 2 heterocycles. The lowest BCUT2D eigenvalue weighted by Gasteiger charge is -2.18. The fraction of sp³-hybridized carbons (Fsp3) is 0.625. The summed E-state index contributed by atoms with van der Waals surface area (Å²) in [5.41, 5.74) is 1.75. The Morgan fingerprint density at radius 2 is 2.10 bits per heavy atom. The fourth-order valence-corrected chi connectivity index (χ4v) is 2.94. The molecule has 2 fully saturated rings. The monoisotopic (exact) mass is 289 g/mol. The smallest absolute Gasteiger partial charge is 0.255 e. The first kappa shape index (κ1) is 14.2. The van der Waals surface area contributed by atoms with Gasteiger partial charge in [-0.15, -0.1) is 0 Å². The van der Waals surface area contributed by atoms with Crippen LogP contribution in [0.1, 0.15) is 55.1 Å². The van der Waals surface area contributed by atoms with E-state index in [1.807, 2.05) is 17.2 Å². The highest BCUT2D eigenvalue weighted by atomic mass is 16.2. The Morgan fingerprint density at radius 3 is 2.76 bits per heavy atom. The Hall–Kier alpha value is -1.78. The molecule has 1 saturated carbocycles. The number of carbonyl (C=O) groups excluding carboxylic acids is 2. The minimum atomic E-state index is 0.0723. The van der Waals surface area contributed by atoms with Crippen LogP contribution in [0.2, 0.25) is 0 Å². The van der Waals surface area contributed by atoms with Gasteiger partial charge in [0, 0.05) is 36.9 Å². The third-order valence-corrected chi connectivity index (χ3v) is 4.36. The molecule has 2 N–H and O–H groups in total. The number of amides is 2. The summed E-state index contributed by atoms with van der Waals surface area (Å²) in [6.07, 6.45) is 4.71. The van der Waals surface area contributed by atoms with Crippen molar-refractivity contribution in [2.45, 2.75) is 45.1 Å². The van der Waals surface area contributed by atoms with Crippen molar-refractivity contribution in [2.75, 3.05) is 13.1 Å². The molecule has 1 saturated heterocycles. The Balaban J connectivity index is 1.61. The number of nitrogens with one attached hydrogen (secondary N) is 2. The first-order chi connectivity index (χ1) is 10.1. The van der Waals surface area contributed by atoms with Crippen LogP contribution in [0, 0.1) is 5.92 Å². The van der Waals surface area contributed by atoms with Crippen LogP contribution < -0.4 is 5.32 Å². The van der Waals surface area contributed by atoms with Crippen molar-refractivity contribution in [3.63, 3.8) is 0 Å². The van der Waals surface area contributed by atoms with Crippen LogP contribution >= 0.6 is 0 Å². The molecule has 5 heteroatoms. The minimum Gasteiger partial charge on any atom is -0.364 e. The normalized spacial score (nSPS) is 21.9. The third kappa shape index (κ3) is 2.96. The quantitative estimate of drug-likeness (QED) is 0.889. The average Bonchev–Trinajstić information content (AvgIpc) is 3.00. The number of H-pyrrole nitrogens is 1. The molecule has 0 bridgehead atoms. The number of hydrogen-bond acceptors (Lipinski definition) is 2. The molecule has 2 aliphatic rings. The molecule has 1 aromatic rings. The minimum absolute atomic E-state index is 0.0723. The molecule has 0 aromatic carbocycles. The second-order valence-electron chi connectivity index (χ2n) is 6.48. The van der Waals surface area contributed by atoms with Gasteiger partial charge >= 0.3 is 0 Å². The Kier molecular flexibility index (Phi) is 3.74. The average molecular weight is 289 g/mol. The number of aromatic amines is 1. The third-order valence-electron chi connectivity index (χ3n) is 4.36. The van der Waals surface area contributed by atoms with Gasteiger partial charge in [0.05, 0.1) is 5.56 Å². The van der Waals surface area contributed by atoms with E-state index in [0.29, 0.717) is 12.5 Å². The van der Waals surface area contributed by atoms with Gasteiger partial charge in [-0.05, 0) is 31.2 Å². The van der Waals surface area contributed by atoms with Gasteiger partial charge in [-0.1, -0.05) is 13.8 Å². The van der Waals surface area contributed by atoms with Gasteiger partial charge in [-0.25, -0.2) is 0 Å². The van der Waals surface area contributed by atoms with Gasteiger partial charge in [-0.2, -0.15) is 0 Å². The first-order valence-electron chi connectivity index (χ1n) is 7.83. The lowest BCUT2D eigenvalue weighted by atomic mass is 10.1. The Morgan fingerprint density at radius 1 is 1.33 bits per heavy atom. The predicted molar refractivity (Wildman–Crippen MR) is 80.1 cm³/mol. The van der Waals surface area contributed by atoms with Crippen molar-refractivity contribution in [1.29, 1.82) is 0 Å². The molecule has 2 amide bonds. The number of aromatic nitrogens is 1. The Bertz CT molecular complexity index is 545. The number of carbonyl (C=O) groups is 2. The number of rotatable bonds is 4. The van der Waals surface area contributed by atoms with Crippen molar-refractivity contribution >= 4 is 11.8 Å². The van der Waals surface area contributed by atoms with Crippen LogP contribution in [0.15, 0.2) is 12.3 Å². The highest BCUT2D eigenvalue weighted by Gasteiger charge is 2.34. The number of hydrogen-bond donors (Lipinski definition) is 2. The number of nitrogens with zero attached hydrogens (tertiary/aromatic N) is 1. The van der Waals surface area contributed by atoms with Crippen LogP contribution in [-0.2, 0) is 4.79 Å². The molecular weight excluding hydrogens is 266 g/mol. The van der Waals surface area contributed by atoms with Crippen LogP contribution in [-0.4, -0.2) is 40.8 Å². The molecule has 1 aliphatic heterocycles. The standard InChI is InChI=1S/C16H23N3O2/c1-10(2)14-13(5-7-17-14)16(21)19-8-6-12(9-19)18-15(20)11-3-4-11/h5,7,10-12,17H,3-4,6,8-9H2,1-2H3,(H,18,20)/t12-/m0/s1. The lowest BCUT2D eigenvalue weighted by Crippen LogP contribution is -2.39. The van der Waals surface area contributed by atoms with Crippen LogP contribution in [0.5, 0.6) is 0 Å². The molecule has 5 nitrogen and oxygen atoms in total. The van der Waals surface area contributed by atoms with Crippen molar-refractivity contribution in [2.24, 2.45) is 5.92 Å². The molecular formula is C16H23N3O2. The second kappa shape index (κ2) is 5.54. The molecule has 1 aromatic heterocycles. The molecule has 114 valence electrons. The van der Waals surface area contributed by atoms with E-state index in [4.69, 9.17) is 0 Å². The highest BCUT2D eigenvalue weighted by molar-refractivity contribution is 5.96. The lowest BCUT2D eigenvalue weighted by molar-refractivity contribution is -0.122. The van der Waals surface area contributed by atoms with Gasteiger partial charge in [0.25, 0.3) is 5.91 Å². The fourth-order valence-electron chi connectivity index (χ4n) is 2.94. The number of likely N-dealkylation sites (tertiary alicyclic amines) is 1. The van der Waals surface area contributed by atoms with Crippen molar-refractivity contribution < 1.29 is 9.59 Å². The summed E-state index contributed by atoms with van der Waals surface area (Å²) in [7, 11) is 0. The topological polar surface area (TPSA) is 65.2 Å². The maximum absolute atomic E-state index is 12.6. The van der Waals surface area contributed by atoms with Gasteiger partial charge < -0.3 is 15.2 Å². The van der Waals surface area contributed by atoms with E-state index in [0.717, 1.165) is 37.1 Å². The second-order valence-corrected chi connectivity index (χ2v) is 6.48. The first-order valence-corrected chi connectivity index (χ1v) is 7.83. The maximum atomic E-state index is 12.6. The molecule has 0 spiro atoms. The van der Waals surface area contributed by atoms with Crippen molar-refractivity contribution in [3.05, 3.63) is 23.5 Å². The summed E-state index contributed by atoms with van der Waals surface area (Å²) in [6.45, 7) is 5.49. The van der Waals surface area contributed by atoms with E-state index in [9.17, 15) is 9.59 Å². The van der Waals surface area contributed by atoms with E-state index in [1.165, 1.54) is 0 Å². The molecule has 21 heavy (non-hydrogen) atoms. The van der Waals surface area contributed by atoms with Gasteiger partial charge in [0.15, 0.2) is 0 Å². The van der Waals surface area contributed by atoms with Gasteiger partial charge in [0.2, 0.25) is 5.91 Å². The summed E-state index contributed by atoms with van der Waals surface area (Å²) in [4.78, 5) is 29.4. The van der Waals surface area contributed by atoms with Gasteiger partial charge in [0.1, 0.15) is 0 Å². The summed E-state index contributed by atoms with van der Waals surface area (Å²) < 4.78 is 0. The summed E-state index contributed by atoms with van der Waals surface area (Å²) in [6, 6.07) is 1.97. The molecule has 1 aliphatic carbocycles. The van der Waals surface area contributed by atoms with Crippen molar-refractivity contribution in [3.8, 4) is 0 Å². The SMILES string of the molecule is CC(C)c1[nH]ccc1C(=O)N1CC[C@H](NC(=O)C2CC2)C1. The van der Waals surface area contributed by atoms with E-state index in [2.05, 4.69) is 24.1 Å². The summed E-state index contributed by atoms with van der Waals surface area (Å²) >= 11 is 0. The van der Waals surface area contributed by atoms with Crippen molar-refractivity contribution in [1.82, 2.24) is 15.2 Å². The van der Waals surface area contributed by atoms with E-state index in [-0.39, 0.29) is 23.8 Å². The maximum Gasteiger partial charge on any atom is 0.255 e. The van der Waals surface area contributed by atoms with E-state index >= 15 is 0 Å².